The summed E-state index contributed by atoms with van der Waals surface area (Å²) in [5, 5.41) is 0. The molecule has 83 valence electrons. The Kier molecular flexibility index (Phi) is 3.44. The third-order valence-corrected chi connectivity index (χ3v) is 1.53. The van der Waals surface area contributed by atoms with Crippen molar-refractivity contribution in [3.63, 3.8) is 0 Å². The van der Waals surface area contributed by atoms with Gasteiger partial charge in [-0.25, -0.2) is 0 Å². The second-order valence-corrected chi connectivity index (χ2v) is 2.76. The van der Waals surface area contributed by atoms with Crippen molar-refractivity contribution < 1.29 is 22.6 Å². The third-order valence-electron chi connectivity index (χ3n) is 1.53. The van der Waals surface area contributed by atoms with Crippen LogP contribution in [0.2, 0.25) is 0 Å². The molecule has 0 heterocycles. The van der Waals surface area contributed by atoms with Crippen molar-refractivity contribution >= 4 is 0 Å². The Bertz CT molecular complexity index is 334. The highest BCUT2D eigenvalue weighted by molar-refractivity contribution is 5.43. The normalized spacial score (nSPS) is 11.3. The maximum absolute atomic E-state index is 12.0. The molecule has 1 rings (SSSR count). The number of rotatable bonds is 3. The molecule has 0 unspecified atom stereocenters. The van der Waals surface area contributed by atoms with Crippen molar-refractivity contribution in [3.8, 4) is 11.5 Å². The molecule has 0 aliphatic rings. The van der Waals surface area contributed by atoms with Crippen LogP contribution >= 0.6 is 0 Å². The van der Waals surface area contributed by atoms with Gasteiger partial charge in [0.2, 0.25) is 0 Å². The van der Waals surface area contributed by atoms with E-state index >= 15 is 0 Å². The number of hydrogen-bond acceptors (Lipinski definition) is 2. The highest BCUT2D eigenvalue weighted by atomic mass is 19.4. The molecule has 0 spiro atoms. The van der Waals surface area contributed by atoms with Crippen molar-refractivity contribution in [2.24, 2.45) is 0 Å². The lowest BCUT2D eigenvalue weighted by Crippen LogP contribution is -2.17. The average molecular weight is 219 g/mol. The molecule has 1 aromatic rings. The molecule has 15 heavy (non-hydrogen) atoms. The maximum atomic E-state index is 12.0. The lowest BCUT2D eigenvalue weighted by atomic mass is 10.2. The zero-order valence-electron chi connectivity index (χ0n) is 8.10. The van der Waals surface area contributed by atoms with E-state index < -0.39 is 6.36 Å². The van der Waals surface area contributed by atoms with Gasteiger partial charge in [-0.1, -0.05) is 6.07 Å². The molecule has 1 aromatic carbocycles. The highest BCUT2D eigenvalue weighted by Gasteiger charge is 2.32. The number of hydrogen-bond donors (Lipinski definition) is 0. The summed E-state index contributed by atoms with van der Waals surface area (Å²) in [7, 11) is 0. The molecular weight excluding hydrogens is 209 g/mol. The first-order valence-corrected chi connectivity index (χ1v) is 4.27. The standard InChI is InChI=1S/C10H10F3O2/c1-3-14-9-6-7(2)4-5-8(9)15-10(11,12)13/h4-6H,2-3H2,1H3. The van der Waals surface area contributed by atoms with Gasteiger partial charge < -0.3 is 9.47 Å². The Labute approximate surface area is 85.6 Å². The first kappa shape index (κ1) is 11.7. The largest absolute Gasteiger partial charge is 0.573 e. The van der Waals surface area contributed by atoms with Crippen molar-refractivity contribution in [2.45, 2.75) is 13.3 Å². The van der Waals surface area contributed by atoms with Gasteiger partial charge in [-0.05, 0) is 31.5 Å². The summed E-state index contributed by atoms with van der Waals surface area (Å²) in [6.07, 6.45) is -4.71. The zero-order valence-corrected chi connectivity index (χ0v) is 8.10. The Morgan fingerprint density at radius 3 is 2.47 bits per heavy atom. The first-order valence-electron chi connectivity index (χ1n) is 4.27. The molecule has 0 aliphatic heterocycles. The molecule has 5 heteroatoms. The van der Waals surface area contributed by atoms with Crippen LogP contribution in [0.4, 0.5) is 13.2 Å². The SMILES string of the molecule is [CH2]c1ccc(OC(F)(F)F)c(OCC)c1. The Morgan fingerprint density at radius 1 is 1.27 bits per heavy atom. The minimum atomic E-state index is -4.71. The van der Waals surface area contributed by atoms with E-state index in [0.29, 0.717) is 5.56 Å². The minimum Gasteiger partial charge on any atom is -0.490 e. The van der Waals surface area contributed by atoms with Crippen molar-refractivity contribution in [1.82, 2.24) is 0 Å². The highest BCUT2D eigenvalue weighted by Crippen LogP contribution is 2.32. The van der Waals surface area contributed by atoms with Crippen LogP contribution in [0.25, 0.3) is 0 Å². The fourth-order valence-corrected chi connectivity index (χ4v) is 1.03. The molecule has 0 fully saturated rings. The van der Waals surface area contributed by atoms with E-state index in [-0.39, 0.29) is 18.1 Å². The molecule has 1 radical (unpaired) electrons. The molecule has 0 bridgehead atoms. The molecule has 0 amide bonds. The second-order valence-electron chi connectivity index (χ2n) is 2.76. The third kappa shape index (κ3) is 3.69. The molecule has 0 aromatic heterocycles. The fourth-order valence-electron chi connectivity index (χ4n) is 1.03. The van der Waals surface area contributed by atoms with Crippen LogP contribution in [0.3, 0.4) is 0 Å². The van der Waals surface area contributed by atoms with Crippen molar-refractivity contribution in [2.75, 3.05) is 6.61 Å². The molecular formula is C10H10F3O2. The lowest BCUT2D eigenvalue weighted by Gasteiger charge is -2.13. The van der Waals surface area contributed by atoms with Gasteiger partial charge in [-0.3, -0.25) is 0 Å². The van der Waals surface area contributed by atoms with Crippen LogP contribution in [0.15, 0.2) is 18.2 Å². The van der Waals surface area contributed by atoms with E-state index in [2.05, 4.69) is 11.7 Å². The van der Waals surface area contributed by atoms with Gasteiger partial charge in [-0.15, -0.1) is 13.2 Å². The lowest BCUT2D eigenvalue weighted by molar-refractivity contribution is -0.275. The molecule has 0 saturated heterocycles. The number of benzene rings is 1. The number of alkyl halides is 3. The summed E-state index contributed by atoms with van der Waals surface area (Å²) in [4.78, 5) is 0. The van der Waals surface area contributed by atoms with Gasteiger partial charge in [0, 0.05) is 0 Å². The van der Waals surface area contributed by atoms with Gasteiger partial charge in [0.1, 0.15) is 0 Å². The fraction of sp³-hybridized carbons (Fsp3) is 0.300. The molecule has 0 aliphatic carbocycles. The topological polar surface area (TPSA) is 18.5 Å². The van der Waals surface area contributed by atoms with Crippen LogP contribution in [0, 0.1) is 6.92 Å². The van der Waals surface area contributed by atoms with E-state index in [0.717, 1.165) is 0 Å². The Balaban J connectivity index is 2.95. The van der Waals surface area contributed by atoms with Gasteiger partial charge in [0.15, 0.2) is 11.5 Å². The van der Waals surface area contributed by atoms with Crippen molar-refractivity contribution in [3.05, 3.63) is 30.7 Å². The van der Waals surface area contributed by atoms with E-state index in [1.54, 1.807) is 6.92 Å². The van der Waals surface area contributed by atoms with E-state index in [4.69, 9.17) is 4.74 Å². The second kappa shape index (κ2) is 4.42. The van der Waals surface area contributed by atoms with Crippen LogP contribution in [0.1, 0.15) is 12.5 Å². The van der Waals surface area contributed by atoms with Gasteiger partial charge in [0.25, 0.3) is 0 Å². The van der Waals surface area contributed by atoms with E-state index in [9.17, 15) is 13.2 Å². The molecule has 0 atom stereocenters. The van der Waals surface area contributed by atoms with Crippen LogP contribution < -0.4 is 9.47 Å². The summed E-state index contributed by atoms with van der Waals surface area (Å²) in [5.41, 5.74) is 0.563. The van der Waals surface area contributed by atoms with Gasteiger partial charge in [0.05, 0.1) is 6.61 Å². The summed E-state index contributed by atoms with van der Waals surface area (Å²) < 4.78 is 44.7. The van der Waals surface area contributed by atoms with Crippen LogP contribution in [0.5, 0.6) is 11.5 Å². The zero-order chi connectivity index (χ0) is 11.5. The van der Waals surface area contributed by atoms with E-state index in [1.165, 1.54) is 18.2 Å². The minimum absolute atomic E-state index is 0.0438. The number of halogens is 3. The Morgan fingerprint density at radius 2 is 1.93 bits per heavy atom. The quantitative estimate of drug-likeness (QED) is 0.777. The summed E-state index contributed by atoms with van der Waals surface area (Å²) in [6.45, 7) is 5.52. The average Bonchev–Trinajstić information content (AvgIpc) is 2.08. The number of ether oxygens (including phenoxy) is 2. The first-order chi connectivity index (χ1) is 6.92. The van der Waals surface area contributed by atoms with Crippen molar-refractivity contribution in [1.29, 1.82) is 0 Å². The Hall–Kier alpha value is -1.39. The van der Waals surface area contributed by atoms with Gasteiger partial charge >= 0.3 is 6.36 Å². The summed E-state index contributed by atoms with van der Waals surface area (Å²) in [6, 6.07) is 4.00. The molecule has 0 N–H and O–H groups in total. The molecule has 0 saturated carbocycles. The van der Waals surface area contributed by atoms with Gasteiger partial charge in [-0.2, -0.15) is 0 Å². The maximum Gasteiger partial charge on any atom is 0.573 e. The summed E-state index contributed by atoms with van der Waals surface area (Å²) >= 11 is 0. The van der Waals surface area contributed by atoms with Crippen LogP contribution in [-0.4, -0.2) is 13.0 Å². The summed E-state index contributed by atoms with van der Waals surface area (Å²) in [5.74, 6) is -0.306. The molecule has 2 nitrogen and oxygen atoms in total. The predicted molar refractivity (Wildman–Crippen MR) is 48.8 cm³/mol. The predicted octanol–water partition coefficient (Wildman–Crippen LogP) is 3.17. The van der Waals surface area contributed by atoms with E-state index in [1.807, 2.05) is 0 Å². The van der Waals surface area contributed by atoms with Crippen LogP contribution in [-0.2, 0) is 0 Å². The smallest absolute Gasteiger partial charge is 0.490 e. The monoisotopic (exact) mass is 219 g/mol.